The first-order valence-electron chi connectivity index (χ1n) is 13.0. The van der Waals surface area contributed by atoms with Gasteiger partial charge in [-0.25, -0.2) is 14.4 Å². The van der Waals surface area contributed by atoms with E-state index in [9.17, 15) is 33.0 Å². The smallest absolute Gasteiger partial charge is 0.490 e. The maximum Gasteiger partial charge on any atom is 0.490 e. The molecule has 2 atom stereocenters. The molecule has 0 aromatic heterocycles. The van der Waals surface area contributed by atoms with Crippen LogP contribution in [0.15, 0.2) is 78.9 Å². The van der Waals surface area contributed by atoms with Crippen LogP contribution < -0.4 is 26.0 Å². The van der Waals surface area contributed by atoms with Gasteiger partial charge in [-0.2, -0.15) is 13.2 Å². The van der Waals surface area contributed by atoms with Crippen LogP contribution in [-0.4, -0.2) is 78.6 Å². The van der Waals surface area contributed by atoms with Crippen molar-refractivity contribution in [2.75, 3.05) is 42.8 Å². The van der Waals surface area contributed by atoms with E-state index in [1.165, 1.54) is 7.11 Å². The largest absolute Gasteiger partial charge is 0.491 e. The Hall–Kier alpha value is -4.86. The van der Waals surface area contributed by atoms with E-state index in [1.807, 2.05) is 42.5 Å². The highest BCUT2D eigenvalue weighted by Crippen LogP contribution is 2.23. The van der Waals surface area contributed by atoms with Crippen LogP contribution in [0.5, 0.6) is 5.75 Å². The van der Waals surface area contributed by atoms with E-state index in [4.69, 9.17) is 14.6 Å². The lowest BCUT2D eigenvalue weighted by atomic mass is 10.0. The molecule has 0 radical (unpaired) electrons. The van der Waals surface area contributed by atoms with Crippen molar-refractivity contribution in [2.45, 2.75) is 24.7 Å². The predicted octanol–water partition coefficient (Wildman–Crippen LogP) is 4.08. The van der Waals surface area contributed by atoms with Crippen LogP contribution in [0.3, 0.4) is 0 Å². The lowest BCUT2D eigenvalue weighted by Gasteiger charge is -2.21. The van der Waals surface area contributed by atoms with Crippen molar-refractivity contribution in [3.63, 3.8) is 0 Å². The van der Waals surface area contributed by atoms with E-state index in [1.54, 1.807) is 36.4 Å². The summed E-state index contributed by atoms with van der Waals surface area (Å²) in [7, 11) is 1.25. The average molecular weight is 623 g/mol. The minimum absolute atomic E-state index is 0.111. The molecule has 0 saturated carbocycles. The molecule has 238 valence electrons. The molecule has 0 fully saturated rings. The molecule has 0 bridgehead atoms. The zero-order chi connectivity index (χ0) is 32.5. The molecule has 0 aliphatic carbocycles. The topological polar surface area (TPSA) is 178 Å². The number of anilines is 3. The van der Waals surface area contributed by atoms with E-state index >= 15 is 0 Å². The van der Waals surface area contributed by atoms with Gasteiger partial charge in [0.15, 0.2) is 0 Å². The molecule has 0 heterocycles. The molecule has 3 aromatic rings. The van der Waals surface area contributed by atoms with Crippen LogP contribution in [0.2, 0.25) is 0 Å². The zero-order valence-electron chi connectivity index (χ0n) is 23.5. The van der Waals surface area contributed by atoms with Gasteiger partial charge in [0.05, 0.1) is 25.1 Å². The Morgan fingerprint density at radius 3 is 1.93 bits per heavy atom. The summed E-state index contributed by atoms with van der Waals surface area (Å²) in [5.74, 6) is -2.09. The summed E-state index contributed by atoms with van der Waals surface area (Å²) in [6.45, 7) is 0.164. The molecular weight excluding hydrogens is 589 g/mol. The number of urea groups is 1. The number of hydrogen-bond donors (Lipinski definition) is 7. The Kier molecular flexibility index (Phi) is 14.4. The molecule has 12 nitrogen and oxygen atoms in total. The van der Waals surface area contributed by atoms with Gasteiger partial charge in [0, 0.05) is 18.3 Å². The van der Waals surface area contributed by atoms with Crippen molar-refractivity contribution in [2.24, 2.45) is 0 Å². The molecule has 15 heteroatoms. The molecule has 3 amide bonds. The Morgan fingerprint density at radius 1 is 0.841 bits per heavy atom. The monoisotopic (exact) mass is 622 g/mol. The quantitative estimate of drug-likeness (QED) is 0.157. The summed E-state index contributed by atoms with van der Waals surface area (Å²) in [4.78, 5) is 33.2. The minimum Gasteiger partial charge on any atom is -0.491 e. The lowest BCUT2D eigenvalue weighted by Crippen LogP contribution is -2.41. The summed E-state index contributed by atoms with van der Waals surface area (Å²) in [5.41, 5.74) is 2.13. The van der Waals surface area contributed by atoms with Gasteiger partial charge in [0.2, 0.25) is 0 Å². The molecule has 0 aliphatic rings. The number of alkyl halides is 3. The number of aliphatic carboxylic acids is 1. The summed E-state index contributed by atoms with van der Waals surface area (Å²) in [6, 6.07) is 22.3. The number of nitrogens with one attached hydrogen (secondary N) is 4. The third-order valence-corrected chi connectivity index (χ3v) is 5.62. The van der Waals surface area contributed by atoms with Gasteiger partial charge in [-0.3, -0.25) is 5.32 Å². The van der Waals surface area contributed by atoms with E-state index in [2.05, 4.69) is 26.0 Å². The Morgan fingerprint density at radius 2 is 1.36 bits per heavy atom. The second-order valence-electron chi connectivity index (χ2n) is 8.97. The molecule has 0 saturated heterocycles. The fourth-order valence-corrected chi connectivity index (χ4v) is 3.50. The first-order chi connectivity index (χ1) is 20.9. The standard InChI is InChI=1S/C27H32N4O6.C2HF3O2/c1-36-27(35)31-25-14-8-7-13-24(25)30-26(34)29-23-12-6-5-9-19(23)15-20(17-32)28-16-21(33)18-37-22-10-3-2-4-11-22;3-2(4,5)1(6)7/h2-14,20-21,28,32-33H,15-18H2,1H3,(H,31,35)(H2,29,30,34);(H,6,7)/t20-,21-;/m0./s1. The third-order valence-electron chi connectivity index (χ3n) is 5.62. The van der Waals surface area contributed by atoms with Crippen LogP contribution in [0, 0.1) is 0 Å². The van der Waals surface area contributed by atoms with Crippen molar-refractivity contribution < 1.29 is 52.3 Å². The van der Waals surface area contributed by atoms with Gasteiger partial charge in [-0.15, -0.1) is 0 Å². The second-order valence-corrected chi connectivity index (χ2v) is 8.97. The van der Waals surface area contributed by atoms with Gasteiger partial charge in [0.25, 0.3) is 0 Å². The summed E-state index contributed by atoms with van der Waals surface area (Å²) in [6.07, 6.45) is -6.11. The zero-order valence-corrected chi connectivity index (χ0v) is 23.5. The number of aliphatic hydroxyl groups is 2. The highest BCUT2D eigenvalue weighted by atomic mass is 19.4. The SMILES string of the molecule is COC(=O)Nc1ccccc1NC(=O)Nc1ccccc1C[C@@H](CO)NC[C@H](O)COc1ccccc1.O=C(O)C(F)(F)F. The van der Waals surface area contributed by atoms with Crippen molar-refractivity contribution in [3.05, 3.63) is 84.4 Å². The number of amides is 3. The van der Waals surface area contributed by atoms with Crippen molar-refractivity contribution in [1.29, 1.82) is 0 Å². The molecular formula is C29H33F3N4O8. The van der Waals surface area contributed by atoms with Gasteiger partial charge in [-0.05, 0) is 42.3 Å². The van der Waals surface area contributed by atoms with Gasteiger partial charge >= 0.3 is 24.3 Å². The number of carboxylic acids is 1. The number of carbonyl (C=O) groups is 3. The van der Waals surface area contributed by atoms with Crippen LogP contribution >= 0.6 is 0 Å². The van der Waals surface area contributed by atoms with Crippen LogP contribution in [0.1, 0.15) is 5.56 Å². The third kappa shape index (κ3) is 13.0. The number of aliphatic hydroxyl groups excluding tert-OH is 2. The predicted molar refractivity (Wildman–Crippen MR) is 156 cm³/mol. The number of carboxylic acid groups (broad SMARTS) is 1. The Labute approximate surface area is 250 Å². The molecule has 7 N–H and O–H groups in total. The maximum absolute atomic E-state index is 12.7. The number of carbonyl (C=O) groups excluding carboxylic acids is 2. The number of ether oxygens (including phenoxy) is 2. The van der Waals surface area contributed by atoms with E-state index in [0.29, 0.717) is 29.2 Å². The average Bonchev–Trinajstić information content (AvgIpc) is 3.00. The highest BCUT2D eigenvalue weighted by molar-refractivity contribution is 6.03. The molecule has 0 aliphatic heterocycles. The molecule has 0 spiro atoms. The summed E-state index contributed by atoms with van der Waals surface area (Å²) in [5, 5.41) is 38.5. The maximum atomic E-state index is 12.7. The number of halogens is 3. The van der Waals surface area contributed by atoms with Crippen LogP contribution in [0.25, 0.3) is 0 Å². The van der Waals surface area contributed by atoms with Gasteiger partial charge < -0.3 is 40.7 Å². The fourth-order valence-electron chi connectivity index (χ4n) is 3.50. The van der Waals surface area contributed by atoms with Crippen LogP contribution in [-0.2, 0) is 16.0 Å². The summed E-state index contributed by atoms with van der Waals surface area (Å²) < 4.78 is 41.9. The lowest BCUT2D eigenvalue weighted by molar-refractivity contribution is -0.192. The number of benzene rings is 3. The number of hydrogen-bond acceptors (Lipinski definition) is 8. The minimum atomic E-state index is -5.08. The van der Waals surface area contributed by atoms with Crippen molar-refractivity contribution in [1.82, 2.24) is 5.32 Å². The van der Waals surface area contributed by atoms with Gasteiger partial charge in [-0.1, -0.05) is 48.5 Å². The van der Waals surface area contributed by atoms with Crippen LogP contribution in [0.4, 0.5) is 39.8 Å². The second kappa shape index (κ2) is 17.9. The summed E-state index contributed by atoms with van der Waals surface area (Å²) >= 11 is 0. The molecule has 44 heavy (non-hydrogen) atoms. The first kappa shape index (κ1) is 35.3. The molecule has 3 rings (SSSR count). The van der Waals surface area contributed by atoms with Crippen molar-refractivity contribution >= 4 is 35.2 Å². The number of methoxy groups -OCH3 is 1. The normalized spacial score (nSPS) is 12.0. The highest BCUT2D eigenvalue weighted by Gasteiger charge is 2.38. The number of para-hydroxylation sites is 4. The number of rotatable bonds is 12. The fraction of sp³-hybridized carbons (Fsp3) is 0.276. The van der Waals surface area contributed by atoms with Crippen molar-refractivity contribution in [3.8, 4) is 5.75 Å². The Balaban J connectivity index is 0.000000860. The first-order valence-corrected chi connectivity index (χ1v) is 13.0. The Bertz CT molecular complexity index is 1350. The molecule has 0 unspecified atom stereocenters. The van der Waals surface area contributed by atoms with E-state index in [-0.39, 0.29) is 25.8 Å². The van der Waals surface area contributed by atoms with E-state index in [0.717, 1.165) is 5.56 Å². The molecule has 3 aromatic carbocycles. The van der Waals surface area contributed by atoms with Gasteiger partial charge in [0.1, 0.15) is 18.5 Å². The van der Waals surface area contributed by atoms with E-state index < -0.39 is 30.4 Å².